The number of nitrogens with one attached hydrogen (secondary N) is 1. The highest BCUT2D eigenvalue weighted by atomic mass is 32.2. The number of nitrogens with zero attached hydrogens (tertiary/aromatic N) is 4. The quantitative estimate of drug-likeness (QED) is 0.777. The summed E-state index contributed by atoms with van der Waals surface area (Å²) in [6.45, 7) is 0. The van der Waals surface area contributed by atoms with Gasteiger partial charge in [0.1, 0.15) is 12.1 Å². The second kappa shape index (κ2) is 5.55. The maximum Gasteiger partial charge on any atom is 0.181 e. The van der Waals surface area contributed by atoms with Crippen molar-refractivity contribution in [2.45, 2.75) is 29.0 Å². The fourth-order valence-corrected chi connectivity index (χ4v) is 4.90. The molecule has 4 rings (SSSR count). The number of benzene rings is 1. The van der Waals surface area contributed by atoms with Crippen molar-refractivity contribution in [2.75, 3.05) is 5.32 Å². The summed E-state index contributed by atoms with van der Waals surface area (Å²) in [5.74, 6) is 0.702. The van der Waals surface area contributed by atoms with Crippen molar-refractivity contribution in [1.29, 1.82) is 0 Å². The molecule has 0 saturated heterocycles. The summed E-state index contributed by atoms with van der Waals surface area (Å²) in [7, 11) is -1.43. The van der Waals surface area contributed by atoms with E-state index in [1.807, 2.05) is 13.1 Å². The van der Waals surface area contributed by atoms with Gasteiger partial charge in [-0.05, 0) is 25.0 Å². The second-order valence-corrected chi connectivity index (χ2v) is 8.25. The summed E-state index contributed by atoms with van der Waals surface area (Å²) in [5, 5.41) is 8.00. The first-order chi connectivity index (χ1) is 11.6. The molecule has 1 aliphatic rings. The van der Waals surface area contributed by atoms with Gasteiger partial charge in [-0.3, -0.25) is 4.68 Å². The monoisotopic (exact) mass is 343 g/mol. The molecule has 0 atom stereocenters. The summed E-state index contributed by atoms with van der Waals surface area (Å²) in [4.78, 5) is 8.86. The molecule has 1 aromatic carbocycles. The van der Waals surface area contributed by atoms with Crippen molar-refractivity contribution < 1.29 is 8.42 Å². The first kappa shape index (κ1) is 15.1. The Morgan fingerprint density at radius 3 is 2.67 bits per heavy atom. The Hall–Kier alpha value is -2.48. The minimum absolute atomic E-state index is 0.0896. The predicted molar refractivity (Wildman–Crippen MR) is 90.4 cm³/mol. The first-order valence-electron chi connectivity index (χ1n) is 7.74. The Labute approximate surface area is 139 Å². The molecule has 0 bridgehead atoms. The van der Waals surface area contributed by atoms with Gasteiger partial charge in [-0.15, -0.1) is 0 Å². The molecule has 0 spiro atoms. The van der Waals surface area contributed by atoms with Crippen LogP contribution in [0.3, 0.4) is 0 Å². The van der Waals surface area contributed by atoms with E-state index in [4.69, 9.17) is 0 Å². The molecule has 8 heteroatoms. The highest BCUT2D eigenvalue weighted by molar-refractivity contribution is 7.92. The molecule has 124 valence electrons. The molecule has 0 radical (unpaired) electrons. The average Bonchev–Trinajstić information content (AvgIpc) is 2.93. The lowest BCUT2D eigenvalue weighted by Crippen LogP contribution is -2.44. The van der Waals surface area contributed by atoms with Gasteiger partial charge in [0.25, 0.3) is 0 Å². The van der Waals surface area contributed by atoms with E-state index < -0.39 is 9.84 Å². The van der Waals surface area contributed by atoms with Crippen molar-refractivity contribution in [3.05, 3.63) is 42.9 Å². The van der Waals surface area contributed by atoms with Gasteiger partial charge >= 0.3 is 0 Å². The van der Waals surface area contributed by atoms with Crippen LogP contribution in [0, 0.1) is 0 Å². The van der Waals surface area contributed by atoms with E-state index in [1.54, 1.807) is 35.1 Å². The summed E-state index contributed by atoms with van der Waals surface area (Å²) in [5.41, 5.74) is 0.750. The smallest absolute Gasteiger partial charge is 0.181 e. The van der Waals surface area contributed by atoms with E-state index in [2.05, 4.69) is 20.4 Å². The average molecular weight is 343 g/mol. The molecule has 1 saturated carbocycles. The Morgan fingerprint density at radius 1 is 1.17 bits per heavy atom. The fourth-order valence-electron chi connectivity index (χ4n) is 3.01. The molecule has 2 aromatic heterocycles. The van der Waals surface area contributed by atoms with E-state index in [9.17, 15) is 8.42 Å². The molecule has 7 nitrogen and oxygen atoms in total. The maximum atomic E-state index is 12.6. The Kier molecular flexibility index (Phi) is 3.49. The minimum atomic E-state index is -3.26. The van der Waals surface area contributed by atoms with Crippen molar-refractivity contribution in [2.24, 2.45) is 7.05 Å². The molecule has 0 aliphatic heterocycles. The van der Waals surface area contributed by atoms with Gasteiger partial charge in [0.15, 0.2) is 15.5 Å². The molecule has 24 heavy (non-hydrogen) atoms. The Balaban J connectivity index is 1.48. The zero-order valence-corrected chi connectivity index (χ0v) is 13.9. The van der Waals surface area contributed by atoms with E-state index in [0.717, 1.165) is 11.0 Å². The lowest BCUT2D eigenvalue weighted by atomic mass is 9.92. The molecule has 3 aromatic rings. The van der Waals surface area contributed by atoms with E-state index in [1.165, 1.54) is 6.33 Å². The number of anilines is 1. The van der Waals surface area contributed by atoms with Gasteiger partial charge in [0, 0.05) is 13.1 Å². The number of hydrogen-bond acceptors (Lipinski definition) is 6. The van der Waals surface area contributed by atoms with Crippen LogP contribution >= 0.6 is 0 Å². The highest BCUT2D eigenvalue weighted by Crippen LogP contribution is 2.34. The van der Waals surface area contributed by atoms with Gasteiger partial charge in [0.2, 0.25) is 0 Å². The number of rotatable bonds is 4. The van der Waals surface area contributed by atoms with E-state index in [-0.39, 0.29) is 11.3 Å². The lowest BCUT2D eigenvalue weighted by Gasteiger charge is -2.35. The molecule has 2 heterocycles. The largest absolute Gasteiger partial charge is 0.367 e. The normalized spacial score (nSPS) is 20.7. The number of hydrogen-bond donors (Lipinski definition) is 1. The third kappa shape index (κ3) is 2.43. The fraction of sp³-hybridized carbons (Fsp3) is 0.312. The second-order valence-electron chi connectivity index (χ2n) is 6.02. The first-order valence-corrected chi connectivity index (χ1v) is 9.28. The van der Waals surface area contributed by atoms with E-state index in [0.29, 0.717) is 23.6 Å². The SMILES string of the molecule is Cn1ncc2c(NC3CC(S(=O)(=O)c4ccccc4)C3)ncnc21. The summed E-state index contributed by atoms with van der Waals surface area (Å²) in [6, 6.07) is 8.72. The number of sulfone groups is 1. The van der Waals surface area contributed by atoms with Gasteiger partial charge in [-0.25, -0.2) is 18.4 Å². The number of aromatic nitrogens is 4. The van der Waals surface area contributed by atoms with Crippen LogP contribution < -0.4 is 5.32 Å². The number of fused-ring (bicyclic) bond motifs is 1. The van der Waals surface area contributed by atoms with Crippen molar-refractivity contribution in [1.82, 2.24) is 19.7 Å². The van der Waals surface area contributed by atoms with Gasteiger partial charge < -0.3 is 5.32 Å². The highest BCUT2D eigenvalue weighted by Gasteiger charge is 2.39. The summed E-state index contributed by atoms with van der Waals surface area (Å²) < 4.78 is 26.8. The molecule has 1 fully saturated rings. The van der Waals surface area contributed by atoms with Crippen LogP contribution in [0.1, 0.15) is 12.8 Å². The molecule has 0 unspecified atom stereocenters. The summed E-state index contributed by atoms with van der Waals surface area (Å²) >= 11 is 0. The lowest BCUT2D eigenvalue weighted by molar-refractivity contribution is 0.432. The third-order valence-electron chi connectivity index (χ3n) is 4.48. The number of aryl methyl sites for hydroxylation is 1. The Morgan fingerprint density at radius 2 is 1.92 bits per heavy atom. The van der Waals surface area contributed by atoms with Crippen molar-refractivity contribution >= 4 is 26.7 Å². The third-order valence-corrected chi connectivity index (χ3v) is 6.67. The van der Waals surface area contributed by atoms with Crippen LogP contribution in [0.5, 0.6) is 0 Å². The molecule has 1 N–H and O–H groups in total. The van der Waals surface area contributed by atoms with Crippen LogP contribution in [0.2, 0.25) is 0 Å². The minimum Gasteiger partial charge on any atom is -0.367 e. The predicted octanol–water partition coefficient (Wildman–Crippen LogP) is 1.78. The maximum absolute atomic E-state index is 12.6. The van der Waals surface area contributed by atoms with Gasteiger partial charge in [-0.2, -0.15) is 5.10 Å². The zero-order valence-electron chi connectivity index (χ0n) is 13.1. The van der Waals surface area contributed by atoms with Gasteiger partial charge in [0.05, 0.1) is 21.7 Å². The van der Waals surface area contributed by atoms with Crippen LogP contribution in [-0.2, 0) is 16.9 Å². The molecular weight excluding hydrogens is 326 g/mol. The summed E-state index contributed by atoms with van der Waals surface area (Å²) in [6.07, 6.45) is 4.35. The Bertz CT molecular complexity index is 978. The standard InChI is InChI=1S/C16H17N5O2S/c1-21-16-14(9-19-21)15(17-10-18-16)20-11-7-13(8-11)24(22,23)12-5-3-2-4-6-12/h2-6,9-11,13H,7-8H2,1H3,(H,17,18,20). The van der Waals surface area contributed by atoms with Crippen LogP contribution in [0.15, 0.2) is 47.8 Å². The van der Waals surface area contributed by atoms with Crippen LogP contribution in [0.25, 0.3) is 11.0 Å². The van der Waals surface area contributed by atoms with Gasteiger partial charge in [-0.1, -0.05) is 18.2 Å². The zero-order chi connectivity index (χ0) is 16.7. The topological polar surface area (TPSA) is 89.8 Å². The van der Waals surface area contributed by atoms with Crippen LogP contribution in [0.4, 0.5) is 5.82 Å². The molecule has 0 amide bonds. The molecule has 1 aliphatic carbocycles. The van der Waals surface area contributed by atoms with Crippen LogP contribution in [-0.4, -0.2) is 39.5 Å². The molecular formula is C16H17N5O2S. The van der Waals surface area contributed by atoms with Crippen molar-refractivity contribution in [3.8, 4) is 0 Å². The van der Waals surface area contributed by atoms with E-state index >= 15 is 0 Å². The van der Waals surface area contributed by atoms with Crippen molar-refractivity contribution in [3.63, 3.8) is 0 Å².